The van der Waals surface area contributed by atoms with Gasteiger partial charge in [0, 0.05) is 11.3 Å². The number of hydrogen-bond donors (Lipinski definition) is 6. The average Bonchev–Trinajstić information content (AvgIpc) is 2.74. The van der Waals surface area contributed by atoms with Crippen molar-refractivity contribution in [3.63, 3.8) is 0 Å². The summed E-state index contributed by atoms with van der Waals surface area (Å²) >= 11 is 0. The third-order valence-corrected chi connectivity index (χ3v) is 3.24. The number of carbonyl (C=O) groups is 1. The van der Waals surface area contributed by atoms with Crippen molar-refractivity contribution >= 4 is 17.3 Å². The minimum absolute atomic E-state index is 0.0691. The Hall–Kier alpha value is -1.95. The molecule has 0 aliphatic carbocycles. The Morgan fingerprint density at radius 3 is 2.45 bits per heavy atom. The Kier molecular flexibility index (Phi) is 4.81. The molecule has 2 rings (SSSR count). The molecule has 0 unspecified atom stereocenters. The third-order valence-electron chi connectivity index (χ3n) is 3.24. The monoisotopic (exact) mass is 315 g/mol. The van der Waals surface area contributed by atoms with Gasteiger partial charge in [-0.05, 0) is 18.2 Å². The fourth-order valence-electron chi connectivity index (χ4n) is 2.11. The van der Waals surface area contributed by atoms with Gasteiger partial charge < -0.3 is 35.3 Å². The maximum atomic E-state index is 10.9. The predicted molar refractivity (Wildman–Crippen MR) is 68.2 cm³/mol. The SMILES string of the molecule is O=C([O-])c1cc(N[C@H]2O[C@@H](CO)[C@@H](O)[C@@H]2O)cc(N(O)O)c1. The maximum Gasteiger partial charge on any atom is 0.157 e. The number of carbonyl (C=O) groups excluding carboxylic acids is 1. The van der Waals surface area contributed by atoms with Crippen molar-refractivity contribution in [2.24, 2.45) is 0 Å². The maximum absolute atomic E-state index is 10.9. The van der Waals surface area contributed by atoms with E-state index in [1.165, 1.54) is 6.07 Å². The highest BCUT2D eigenvalue weighted by Crippen LogP contribution is 2.26. The van der Waals surface area contributed by atoms with Gasteiger partial charge in [0.15, 0.2) is 6.23 Å². The summed E-state index contributed by atoms with van der Waals surface area (Å²) in [5.74, 6) is -1.55. The molecule has 1 aliphatic heterocycles. The van der Waals surface area contributed by atoms with Crippen LogP contribution in [0.25, 0.3) is 0 Å². The zero-order valence-corrected chi connectivity index (χ0v) is 11.2. The molecule has 0 aromatic heterocycles. The lowest BCUT2D eigenvalue weighted by Gasteiger charge is -2.20. The second kappa shape index (κ2) is 6.44. The van der Waals surface area contributed by atoms with Crippen molar-refractivity contribution < 1.29 is 40.4 Å². The van der Waals surface area contributed by atoms with Crippen molar-refractivity contribution in [2.75, 3.05) is 17.2 Å². The molecule has 4 atom stereocenters. The van der Waals surface area contributed by atoms with Gasteiger partial charge in [-0.2, -0.15) is 0 Å². The molecule has 122 valence electrons. The number of aliphatic hydroxyl groups is 3. The van der Waals surface area contributed by atoms with Crippen molar-refractivity contribution in [1.29, 1.82) is 0 Å². The molecule has 0 bridgehead atoms. The minimum Gasteiger partial charge on any atom is -0.545 e. The third kappa shape index (κ3) is 3.27. The Morgan fingerprint density at radius 2 is 1.95 bits per heavy atom. The lowest BCUT2D eigenvalue weighted by atomic mass is 10.1. The van der Waals surface area contributed by atoms with Crippen LogP contribution in [-0.2, 0) is 4.74 Å². The molecule has 10 nitrogen and oxygen atoms in total. The summed E-state index contributed by atoms with van der Waals surface area (Å²) in [6.07, 6.45) is -4.81. The summed E-state index contributed by atoms with van der Waals surface area (Å²) in [5.41, 5.74) is -0.546. The van der Waals surface area contributed by atoms with E-state index in [4.69, 9.17) is 20.3 Å². The molecule has 1 aliphatic rings. The Morgan fingerprint density at radius 1 is 1.27 bits per heavy atom. The second-order valence-electron chi connectivity index (χ2n) is 4.75. The van der Waals surface area contributed by atoms with Crippen LogP contribution in [0.4, 0.5) is 11.4 Å². The Balaban J connectivity index is 2.24. The number of carboxylic acids is 1. The first-order valence-corrected chi connectivity index (χ1v) is 6.26. The largest absolute Gasteiger partial charge is 0.545 e. The highest BCUT2D eigenvalue weighted by atomic mass is 16.8. The minimum atomic E-state index is -1.55. The van der Waals surface area contributed by atoms with Crippen molar-refractivity contribution in [1.82, 2.24) is 0 Å². The lowest BCUT2D eigenvalue weighted by molar-refractivity contribution is -0.255. The number of nitrogens with one attached hydrogen (secondary N) is 1. The molecule has 1 heterocycles. The molecule has 6 N–H and O–H groups in total. The van der Waals surface area contributed by atoms with Crippen LogP contribution < -0.4 is 15.6 Å². The van der Waals surface area contributed by atoms with Crippen LogP contribution in [0.3, 0.4) is 0 Å². The standard InChI is InChI=1S/C12H16N2O8/c15-4-8-9(16)10(17)11(22-8)13-6-1-5(12(18)19)2-7(3-6)14(20)21/h1-3,8-11,13,15-17,20-21H,4H2,(H,18,19)/p-1/t8-,9+,10-,11-/m0/s1. The van der Waals surface area contributed by atoms with Crippen molar-refractivity contribution in [2.45, 2.75) is 24.5 Å². The van der Waals surface area contributed by atoms with E-state index in [0.29, 0.717) is 0 Å². The van der Waals surface area contributed by atoms with Crippen LogP contribution in [0.1, 0.15) is 10.4 Å². The van der Waals surface area contributed by atoms with Gasteiger partial charge in [0.2, 0.25) is 0 Å². The molecule has 0 saturated carbocycles. The first-order valence-electron chi connectivity index (χ1n) is 6.26. The average molecular weight is 315 g/mol. The molecule has 0 spiro atoms. The summed E-state index contributed by atoms with van der Waals surface area (Å²) in [5, 5.41) is 59.6. The van der Waals surface area contributed by atoms with Gasteiger partial charge in [-0.3, -0.25) is 10.4 Å². The Labute approximate surface area is 124 Å². The topological polar surface area (TPSA) is 166 Å². The van der Waals surface area contributed by atoms with Crippen LogP contribution in [0.2, 0.25) is 0 Å². The molecule has 0 amide bonds. The molecule has 1 aromatic carbocycles. The fourth-order valence-corrected chi connectivity index (χ4v) is 2.11. The summed E-state index contributed by atoms with van der Waals surface area (Å²) < 4.78 is 5.18. The number of aliphatic hydroxyl groups excluding tert-OH is 3. The first-order chi connectivity index (χ1) is 10.3. The van der Waals surface area contributed by atoms with Crippen LogP contribution in [0, 0.1) is 0 Å². The van der Waals surface area contributed by atoms with Crippen LogP contribution >= 0.6 is 0 Å². The second-order valence-corrected chi connectivity index (χ2v) is 4.75. The molecule has 1 saturated heterocycles. The molecular formula is C12H15N2O8-. The summed E-state index contributed by atoms with van der Waals surface area (Å²) in [7, 11) is 0. The van der Waals surface area contributed by atoms with Gasteiger partial charge in [0.25, 0.3) is 0 Å². The van der Waals surface area contributed by atoms with Crippen molar-refractivity contribution in [3.05, 3.63) is 23.8 Å². The predicted octanol–water partition coefficient (Wildman–Crippen LogP) is -2.51. The zero-order chi connectivity index (χ0) is 16.4. The van der Waals surface area contributed by atoms with E-state index in [2.05, 4.69) is 5.32 Å². The lowest BCUT2D eigenvalue weighted by Crippen LogP contribution is -2.36. The number of hydrogen-bond acceptors (Lipinski definition) is 10. The van der Waals surface area contributed by atoms with E-state index in [0.717, 1.165) is 12.1 Å². The molecule has 1 fully saturated rings. The number of anilines is 2. The van der Waals surface area contributed by atoms with Crippen LogP contribution in [0.15, 0.2) is 18.2 Å². The molecular weight excluding hydrogens is 300 g/mol. The highest BCUT2D eigenvalue weighted by molar-refractivity contribution is 5.88. The smallest absolute Gasteiger partial charge is 0.157 e. The molecule has 22 heavy (non-hydrogen) atoms. The Bertz CT molecular complexity index is 552. The number of rotatable bonds is 5. The highest BCUT2D eigenvalue weighted by Gasteiger charge is 2.42. The molecule has 0 radical (unpaired) electrons. The summed E-state index contributed by atoms with van der Waals surface area (Å²) in [6, 6.07) is 3.25. The van der Waals surface area contributed by atoms with E-state index >= 15 is 0 Å². The molecule has 10 heteroatoms. The number of nitrogens with zero attached hydrogens (tertiary/aromatic N) is 1. The molecule has 1 aromatic rings. The summed E-state index contributed by atoms with van der Waals surface area (Å²) in [4.78, 5) is 10.9. The fraction of sp³-hybridized carbons (Fsp3) is 0.417. The summed E-state index contributed by atoms with van der Waals surface area (Å²) in [6.45, 7) is -0.512. The van der Waals surface area contributed by atoms with E-state index in [-0.39, 0.29) is 22.2 Å². The van der Waals surface area contributed by atoms with Gasteiger partial charge in [0.1, 0.15) is 18.3 Å². The van der Waals surface area contributed by atoms with Crippen LogP contribution in [0.5, 0.6) is 0 Å². The van der Waals surface area contributed by atoms with E-state index < -0.39 is 37.1 Å². The van der Waals surface area contributed by atoms with Gasteiger partial charge in [-0.1, -0.05) is 0 Å². The van der Waals surface area contributed by atoms with Gasteiger partial charge in [-0.15, -0.1) is 5.23 Å². The van der Waals surface area contributed by atoms with E-state index in [9.17, 15) is 20.1 Å². The quantitative estimate of drug-likeness (QED) is 0.319. The van der Waals surface area contributed by atoms with Gasteiger partial charge in [-0.25, -0.2) is 0 Å². The van der Waals surface area contributed by atoms with Crippen LogP contribution in [-0.4, -0.2) is 62.9 Å². The van der Waals surface area contributed by atoms with Crippen molar-refractivity contribution in [3.8, 4) is 0 Å². The van der Waals surface area contributed by atoms with E-state index in [1.54, 1.807) is 0 Å². The van der Waals surface area contributed by atoms with Gasteiger partial charge in [0.05, 0.1) is 18.3 Å². The number of carboxylic acid groups (broad SMARTS) is 1. The zero-order valence-electron chi connectivity index (χ0n) is 11.2. The number of benzene rings is 1. The van der Waals surface area contributed by atoms with E-state index in [1.807, 2.05) is 0 Å². The van der Waals surface area contributed by atoms with Gasteiger partial charge >= 0.3 is 0 Å². The number of aromatic carboxylic acids is 1. The normalized spacial score (nSPS) is 27.7. The first kappa shape index (κ1) is 16.4. The number of ether oxygens (including phenoxy) is 1.